The Labute approximate surface area is 182 Å². The van der Waals surface area contributed by atoms with Gasteiger partial charge < -0.3 is 14.8 Å². The first-order chi connectivity index (χ1) is 14.7. The van der Waals surface area contributed by atoms with Gasteiger partial charge in [-0.1, -0.05) is 37.1 Å². The van der Waals surface area contributed by atoms with Crippen LogP contribution in [-0.2, 0) is 20.7 Å². The van der Waals surface area contributed by atoms with Gasteiger partial charge in [-0.15, -0.1) is 32.0 Å². The van der Waals surface area contributed by atoms with Gasteiger partial charge >= 0.3 is 0 Å². The molecule has 0 atom stereocenters. The van der Waals surface area contributed by atoms with E-state index >= 15 is 0 Å². The van der Waals surface area contributed by atoms with Crippen molar-refractivity contribution in [1.29, 1.82) is 0 Å². The molecule has 1 amide bonds. The van der Waals surface area contributed by atoms with Gasteiger partial charge in [0.15, 0.2) is 5.82 Å². The molecular formula is C21H30ClN5O3. The molecule has 0 spiro atoms. The van der Waals surface area contributed by atoms with Gasteiger partial charge in [-0.2, -0.15) is 0 Å². The third-order valence-corrected chi connectivity index (χ3v) is 4.54. The van der Waals surface area contributed by atoms with Crippen molar-refractivity contribution < 1.29 is 14.3 Å². The minimum absolute atomic E-state index is 0.0468. The molecule has 9 heteroatoms. The molecule has 0 fully saturated rings. The summed E-state index contributed by atoms with van der Waals surface area (Å²) >= 11 is 5.63. The van der Waals surface area contributed by atoms with Crippen molar-refractivity contribution in [3.63, 3.8) is 0 Å². The molecule has 1 aromatic carbocycles. The Balaban J connectivity index is 1.51. The average molecular weight is 436 g/mol. The molecule has 164 valence electrons. The Hall–Kier alpha value is -2.16. The number of hydrogen-bond acceptors (Lipinski definition) is 7. The highest BCUT2D eigenvalue weighted by Gasteiger charge is 2.06. The lowest BCUT2D eigenvalue weighted by molar-refractivity contribution is -0.120. The summed E-state index contributed by atoms with van der Waals surface area (Å²) in [5.74, 6) is 1.67. The second-order valence-corrected chi connectivity index (χ2v) is 7.20. The van der Waals surface area contributed by atoms with Crippen LogP contribution in [0, 0.1) is 6.92 Å². The summed E-state index contributed by atoms with van der Waals surface area (Å²) in [6.45, 7) is 4.54. The van der Waals surface area contributed by atoms with E-state index in [1.807, 2.05) is 24.3 Å². The fourth-order valence-electron chi connectivity index (χ4n) is 2.65. The highest BCUT2D eigenvalue weighted by molar-refractivity contribution is 6.17. The van der Waals surface area contributed by atoms with E-state index in [1.54, 1.807) is 6.92 Å². The summed E-state index contributed by atoms with van der Waals surface area (Å²) in [4.78, 5) is 12.0. The predicted molar refractivity (Wildman–Crippen MR) is 115 cm³/mol. The lowest BCUT2D eigenvalue weighted by Crippen LogP contribution is -2.29. The van der Waals surface area contributed by atoms with Gasteiger partial charge in [-0.25, -0.2) is 0 Å². The first kappa shape index (κ1) is 24.1. The molecule has 0 saturated heterocycles. The molecule has 1 aromatic heterocycles. The van der Waals surface area contributed by atoms with Gasteiger partial charge in [0, 0.05) is 24.6 Å². The number of aromatic nitrogens is 4. The largest absolute Gasteiger partial charge is 0.379 e. The minimum Gasteiger partial charge on any atom is -0.379 e. The van der Waals surface area contributed by atoms with Crippen LogP contribution in [-0.4, -0.2) is 65.2 Å². The Kier molecular flexibility index (Phi) is 11.9. The van der Waals surface area contributed by atoms with E-state index in [1.165, 1.54) is 0 Å². The van der Waals surface area contributed by atoms with Gasteiger partial charge in [0.1, 0.15) is 0 Å². The quantitative estimate of drug-likeness (QED) is 0.339. The van der Waals surface area contributed by atoms with E-state index in [2.05, 4.69) is 25.7 Å². The van der Waals surface area contributed by atoms with Crippen LogP contribution in [0.4, 0.5) is 0 Å². The summed E-state index contributed by atoms with van der Waals surface area (Å²) < 4.78 is 11.0. The van der Waals surface area contributed by atoms with Gasteiger partial charge in [0.05, 0.1) is 26.2 Å². The lowest BCUT2D eigenvalue weighted by Gasteiger charge is -2.08. The number of nitrogens with zero attached hydrogens (tertiary/aromatic N) is 4. The van der Waals surface area contributed by atoms with Crippen molar-refractivity contribution in [3.05, 3.63) is 35.7 Å². The van der Waals surface area contributed by atoms with Crippen LogP contribution >= 0.6 is 11.6 Å². The van der Waals surface area contributed by atoms with Crippen LogP contribution in [0.2, 0.25) is 0 Å². The zero-order chi connectivity index (χ0) is 21.4. The number of hydrogen-bond donors (Lipinski definition) is 1. The number of nitrogens with one attached hydrogen (secondary N) is 1. The number of amides is 1. The van der Waals surface area contributed by atoms with Crippen LogP contribution in [0.5, 0.6) is 0 Å². The zero-order valence-corrected chi connectivity index (χ0v) is 18.2. The zero-order valence-electron chi connectivity index (χ0n) is 17.5. The topological polar surface area (TPSA) is 99.1 Å². The predicted octanol–water partition coefficient (Wildman–Crippen LogP) is 2.73. The van der Waals surface area contributed by atoms with Crippen molar-refractivity contribution >= 4 is 17.5 Å². The number of carbonyl (C=O) groups excluding carboxylic acids is 1. The van der Waals surface area contributed by atoms with Crippen molar-refractivity contribution in [2.75, 3.05) is 38.9 Å². The van der Waals surface area contributed by atoms with Crippen LogP contribution < -0.4 is 5.32 Å². The van der Waals surface area contributed by atoms with Crippen LogP contribution in [0.15, 0.2) is 24.3 Å². The maximum Gasteiger partial charge on any atom is 0.224 e. The van der Waals surface area contributed by atoms with Gasteiger partial charge in [-0.3, -0.25) is 4.79 Å². The second-order valence-electron chi connectivity index (χ2n) is 6.82. The van der Waals surface area contributed by atoms with Crippen molar-refractivity contribution in [2.45, 2.75) is 39.0 Å². The molecule has 0 aliphatic rings. The lowest BCUT2D eigenvalue weighted by atomic mass is 10.1. The molecule has 0 bridgehead atoms. The number of benzene rings is 1. The molecule has 0 saturated carbocycles. The summed E-state index contributed by atoms with van der Waals surface area (Å²) in [6, 6.07) is 7.47. The number of ether oxygens (including phenoxy) is 2. The van der Waals surface area contributed by atoms with Crippen molar-refractivity contribution in [2.24, 2.45) is 0 Å². The first-order valence-electron chi connectivity index (χ1n) is 10.3. The summed E-state index contributed by atoms with van der Waals surface area (Å²) in [5.41, 5.74) is 1.72. The van der Waals surface area contributed by atoms with Gasteiger partial charge in [0.2, 0.25) is 11.7 Å². The molecule has 0 radical (unpaired) electrons. The Morgan fingerprint density at radius 2 is 1.57 bits per heavy atom. The number of rotatable bonds is 15. The Morgan fingerprint density at radius 1 is 0.900 bits per heavy atom. The highest BCUT2D eigenvalue weighted by atomic mass is 35.5. The molecule has 0 aliphatic heterocycles. The molecule has 30 heavy (non-hydrogen) atoms. The van der Waals surface area contributed by atoms with Gasteiger partial charge in [0.25, 0.3) is 0 Å². The van der Waals surface area contributed by atoms with E-state index in [0.29, 0.717) is 44.4 Å². The van der Waals surface area contributed by atoms with E-state index in [4.69, 9.17) is 21.1 Å². The molecule has 2 aromatic rings. The normalized spacial score (nSPS) is 10.9. The van der Waals surface area contributed by atoms with Crippen LogP contribution in [0.25, 0.3) is 11.4 Å². The maximum atomic E-state index is 12.0. The molecule has 8 nitrogen and oxygen atoms in total. The second kappa shape index (κ2) is 14.8. The number of unbranched alkanes of at least 4 members (excludes halogenated alkanes) is 3. The average Bonchev–Trinajstić information content (AvgIpc) is 2.76. The standard InChI is InChI=1S/C21H30ClN5O3/c1-17-24-26-21(27-25-17)19-8-6-18(7-9-19)16-20(28)23-11-13-30-15-14-29-12-5-3-2-4-10-22/h6-9H,2-5,10-16H2,1H3,(H,23,28). The van der Waals surface area contributed by atoms with Crippen LogP contribution in [0.3, 0.4) is 0 Å². The summed E-state index contributed by atoms with van der Waals surface area (Å²) in [7, 11) is 0. The Morgan fingerprint density at radius 3 is 2.27 bits per heavy atom. The summed E-state index contributed by atoms with van der Waals surface area (Å²) in [6.07, 6.45) is 4.73. The molecule has 2 rings (SSSR count). The highest BCUT2D eigenvalue weighted by Crippen LogP contribution is 2.14. The van der Waals surface area contributed by atoms with E-state index in [9.17, 15) is 4.79 Å². The molecule has 1 N–H and O–H groups in total. The monoisotopic (exact) mass is 435 g/mol. The first-order valence-corrected chi connectivity index (χ1v) is 10.8. The van der Waals surface area contributed by atoms with Crippen molar-refractivity contribution in [1.82, 2.24) is 25.7 Å². The van der Waals surface area contributed by atoms with Gasteiger partial charge in [-0.05, 0) is 25.3 Å². The van der Waals surface area contributed by atoms with Crippen LogP contribution in [0.1, 0.15) is 37.1 Å². The maximum absolute atomic E-state index is 12.0. The van der Waals surface area contributed by atoms with E-state index in [0.717, 1.165) is 49.3 Å². The third-order valence-electron chi connectivity index (χ3n) is 4.27. The number of aryl methyl sites for hydroxylation is 1. The minimum atomic E-state index is -0.0468. The molecule has 0 aliphatic carbocycles. The Bertz CT molecular complexity index is 728. The van der Waals surface area contributed by atoms with E-state index in [-0.39, 0.29) is 5.91 Å². The molecule has 0 unspecified atom stereocenters. The fraction of sp³-hybridized carbons (Fsp3) is 0.571. The third kappa shape index (κ3) is 10.0. The molecular weight excluding hydrogens is 406 g/mol. The number of alkyl halides is 1. The SMILES string of the molecule is Cc1nnc(-c2ccc(CC(=O)NCCOCCOCCCCCCCl)cc2)nn1. The number of carbonyl (C=O) groups is 1. The smallest absolute Gasteiger partial charge is 0.224 e. The van der Waals surface area contributed by atoms with E-state index < -0.39 is 0 Å². The van der Waals surface area contributed by atoms with Crippen molar-refractivity contribution in [3.8, 4) is 11.4 Å². The summed E-state index contributed by atoms with van der Waals surface area (Å²) in [5, 5.41) is 18.7. The fourth-order valence-corrected chi connectivity index (χ4v) is 2.84. The molecule has 1 heterocycles. The number of halogens is 1.